The van der Waals surface area contributed by atoms with Gasteiger partial charge in [-0.25, -0.2) is 4.98 Å². The van der Waals surface area contributed by atoms with E-state index in [-0.39, 0.29) is 5.41 Å². The first-order chi connectivity index (χ1) is 36.9. The maximum Gasteiger partial charge on any atom is 0.269 e. The summed E-state index contributed by atoms with van der Waals surface area (Å²) in [5.41, 5.74) is 20.8. The van der Waals surface area contributed by atoms with Gasteiger partial charge in [-0.1, -0.05) is 233 Å². The fourth-order valence-corrected chi connectivity index (χ4v) is 11.0. The number of para-hydroxylation sites is 4. The fourth-order valence-electron chi connectivity index (χ4n) is 11.0. The summed E-state index contributed by atoms with van der Waals surface area (Å²) in [7, 11) is 0. The maximum atomic E-state index is 5.06. The molecule has 4 heterocycles. The van der Waals surface area contributed by atoms with E-state index in [1.165, 1.54) is 5.56 Å². The molecule has 1 aliphatic heterocycles. The highest BCUT2D eigenvalue weighted by Crippen LogP contribution is 2.46. The minimum Gasteiger partial charge on any atom is -0.340 e. The molecule has 3 aromatic heterocycles. The Bertz CT molecular complexity index is 4040. The molecule has 0 saturated carbocycles. The summed E-state index contributed by atoms with van der Waals surface area (Å²) in [6, 6.07) is 87.0. The maximum absolute atomic E-state index is 5.06. The molecule has 5 heteroatoms. The number of hydrogen-bond acceptors (Lipinski definition) is 2. The van der Waals surface area contributed by atoms with Crippen LogP contribution in [0.5, 0.6) is 0 Å². The predicted octanol–water partition coefficient (Wildman–Crippen LogP) is 16.9. The van der Waals surface area contributed by atoms with Crippen molar-refractivity contribution in [1.82, 2.24) is 14.1 Å². The number of rotatable bonds is 9. The van der Waals surface area contributed by atoms with E-state index in [1.807, 2.05) is 6.20 Å². The van der Waals surface area contributed by atoms with Gasteiger partial charge in [0.05, 0.1) is 27.9 Å². The molecule has 0 spiro atoms. The van der Waals surface area contributed by atoms with Crippen LogP contribution in [-0.2, 0) is 5.41 Å². The molecular formula is C70H53N5. The highest BCUT2D eigenvalue weighted by atomic mass is 15.2. The van der Waals surface area contributed by atoms with Crippen molar-refractivity contribution in [3.05, 3.63) is 289 Å². The van der Waals surface area contributed by atoms with E-state index in [2.05, 4.69) is 301 Å². The molecule has 0 atom stereocenters. The summed E-state index contributed by atoms with van der Waals surface area (Å²) < 4.78 is 6.79. The minimum absolute atomic E-state index is 0.0660. The summed E-state index contributed by atoms with van der Waals surface area (Å²) in [4.78, 5) is 5.06. The number of benzene rings is 9. The first-order valence-corrected chi connectivity index (χ1v) is 25.7. The molecule has 75 heavy (non-hydrogen) atoms. The van der Waals surface area contributed by atoms with Crippen LogP contribution in [0.1, 0.15) is 43.0 Å². The summed E-state index contributed by atoms with van der Waals surface area (Å²) in [6.45, 7) is 6.77. The molecule has 1 aliphatic rings. The molecule has 0 amide bonds. The Labute approximate surface area is 438 Å². The van der Waals surface area contributed by atoms with Gasteiger partial charge in [0.2, 0.25) is 0 Å². The molecule has 0 saturated heterocycles. The van der Waals surface area contributed by atoms with Crippen LogP contribution in [0, 0.1) is 6.33 Å². The van der Waals surface area contributed by atoms with Gasteiger partial charge < -0.3 is 5.32 Å². The van der Waals surface area contributed by atoms with Crippen molar-refractivity contribution in [3.8, 4) is 61.7 Å². The highest BCUT2D eigenvalue weighted by molar-refractivity contribution is 6.04. The van der Waals surface area contributed by atoms with Gasteiger partial charge in [0.1, 0.15) is 11.6 Å². The zero-order valence-electron chi connectivity index (χ0n) is 42.1. The number of pyridine rings is 1. The number of fused-ring (bicyclic) bond motifs is 4. The Morgan fingerprint density at radius 3 is 1.65 bits per heavy atom. The van der Waals surface area contributed by atoms with Gasteiger partial charge in [0, 0.05) is 28.4 Å². The average Bonchev–Trinajstić information content (AvgIpc) is 4.07. The van der Waals surface area contributed by atoms with E-state index in [0.29, 0.717) is 0 Å². The van der Waals surface area contributed by atoms with Crippen LogP contribution in [0.15, 0.2) is 261 Å². The van der Waals surface area contributed by atoms with Crippen molar-refractivity contribution < 1.29 is 4.57 Å². The zero-order valence-corrected chi connectivity index (χ0v) is 42.1. The monoisotopic (exact) mass is 963 g/mol. The van der Waals surface area contributed by atoms with E-state index in [4.69, 9.17) is 4.98 Å². The van der Waals surface area contributed by atoms with Gasteiger partial charge in [-0.15, -0.1) is 0 Å². The third-order valence-electron chi connectivity index (χ3n) is 14.6. The van der Waals surface area contributed by atoms with Crippen molar-refractivity contribution in [2.24, 2.45) is 0 Å². The molecule has 0 aliphatic carbocycles. The molecule has 12 aromatic rings. The first kappa shape index (κ1) is 45.3. The van der Waals surface area contributed by atoms with Crippen LogP contribution in [0.2, 0.25) is 0 Å². The second-order valence-corrected chi connectivity index (χ2v) is 20.2. The van der Waals surface area contributed by atoms with E-state index in [9.17, 15) is 0 Å². The summed E-state index contributed by atoms with van der Waals surface area (Å²) >= 11 is 0. The van der Waals surface area contributed by atoms with Crippen molar-refractivity contribution in [1.29, 1.82) is 0 Å². The minimum atomic E-state index is -0.0660. The average molecular weight is 964 g/mol. The smallest absolute Gasteiger partial charge is 0.269 e. The van der Waals surface area contributed by atoms with Gasteiger partial charge in [0.25, 0.3) is 6.33 Å². The normalized spacial score (nSPS) is 12.9. The topological polar surface area (TPSA) is 38.7 Å². The lowest BCUT2D eigenvalue weighted by atomic mass is 9.83. The number of imidazole rings is 1. The van der Waals surface area contributed by atoms with Crippen LogP contribution >= 0.6 is 0 Å². The van der Waals surface area contributed by atoms with E-state index >= 15 is 0 Å². The molecule has 1 N–H and O–H groups in total. The fraction of sp³-hybridized carbons (Fsp3) is 0.0571. The molecule has 0 radical (unpaired) electrons. The SMILES string of the molecule is CC(C)(C)c1ccnc(-n2c3c(c4ccccc42)C=C/C(=C(/c2cccc(-n4[c-][n+](-c5c(-c6ccccc6)cccc5-c5ccccc5)c5ccccc54)c2)c2c(-c4ccccc4)cccc2-c2ccccc2)N3)c1. The number of nitrogens with zero attached hydrogens (tertiary/aromatic N) is 4. The number of allylic oxidation sites excluding steroid dienone is 1. The molecule has 0 fully saturated rings. The van der Waals surface area contributed by atoms with E-state index < -0.39 is 0 Å². The lowest BCUT2D eigenvalue weighted by Crippen LogP contribution is -2.31. The number of anilines is 1. The van der Waals surface area contributed by atoms with Gasteiger partial charge in [0.15, 0.2) is 0 Å². The van der Waals surface area contributed by atoms with E-state index in [0.717, 1.165) is 117 Å². The highest BCUT2D eigenvalue weighted by Gasteiger charge is 2.28. The molecule has 9 aromatic carbocycles. The largest absolute Gasteiger partial charge is 0.340 e. The summed E-state index contributed by atoms with van der Waals surface area (Å²) in [5, 5.41) is 5.28. The lowest BCUT2D eigenvalue weighted by molar-refractivity contribution is -0.571. The van der Waals surface area contributed by atoms with Crippen molar-refractivity contribution in [2.75, 3.05) is 5.32 Å². The lowest BCUT2D eigenvalue weighted by Gasteiger charge is -2.25. The Hall–Kier alpha value is -9.58. The van der Waals surface area contributed by atoms with Gasteiger partial charge >= 0.3 is 0 Å². The standard InChI is InChI=1S/C70H53N5/c1-70(2,3)53-43-44-71-65(46-53)75-62-38-17-16-33-59(62)60-41-42-61(72-69(60)75)66(67-55(48-23-8-4-9-24-48)34-21-35-56(67)49-25-10-5-11-26-49)52-31-20-32-54(45-52)73-47-74(64-40-19-18-39-63(64)73)68-57(50-27-12-6-13-28-50)36-22-37-58(68)51-29-14-7-15-30-51/h4-46,72H,1-3H3/b66-61+. The quantitative estimate of drug-likeness (QED) is 0.116. The second kappa shape index (κ2) is 18.8. The van der Waals surface area contributed by atoms with Gasteiger partial charge in [-0.2, -0.15) is 0 Å². The number of nitrogens with one attached hydrogen (secondary N) is 1. The van der Waals surface area contributed by atoms with Crippen LogP contribution in [0.3, 0.4) is 0 Å². The molecule has 5 nitrogen and oxygen atoms in total. The van der Waals surface area contributed by atoms with Crippen molar-refractivity contribution in [2.45, 2.75) is 26.2 Å². The Morgan fingerprint density at radius 2 is 1.04 bits per heavy atom. The third kappa shape index (κ3) is 8.16. The molecule has 0 unspecified atom stereocenters. The molecule has 0 bridgehead atoms. The Balaban J connectivity index is 1.07. The van der Waals surface area contributed by atoms with Gasteiger partial charge in [-0.05, 0) is 109 Å². The summed E-state index contributed by atoms with van der Waals surface area (Å²) in [6.07, 6.45) is 10.5. The molecule has 358 valence electrons. The van der Waals surface area contributed by atoms with Crippen LogP contribution in [-0.4, -0.2) is 14.1 Å². The molecular weight excluding hydrogens is 911 g/mol. The van der Waals surface area contributed by atoms with E-state index in [1.54, 1.807) is 0 Å². The summed E-state index contributed by atoms with van der Waals surface area (Å²) in [5.74, 6) is 1.84. The van der Waals surface area contributed by atoms with Crippen molar-refractivity contribution in [3.63, 3.8) is 0 Å². The second-order valence-electron chi connectivity index (χ2n) is 20.2. The third-order valence-corrected chi connectivity index (χ3v) is 14.6. The Kier molecular flexibility index (Phi) is 11.3. The molecule has 13 rings (SSSR count). The number of aromatic nitrogens is 4. The van der Waals surface area contributed by atoms with Crippen LogP contribution in [0.25, 0.3) is 95.3 Å². The van der Waals surface area contributed by atoms with Crippen LogP contribution in [0.4, 0.5) is 5.82 Å². The predicted molar refractivity (Wildman–Crippen MR) is 310 cm³/mol. The van der Waals surface area contributed by atoms with Crippen LogP contribution < -0.4 is 9.88 Å². The van der Waals surface area contributed by atoms with Crippen molar-refractivity contribution >= 4 is 39.4 Å². The Morgan fingerprint density at radius 1 is 0.507 bits per heavy atom. The van der Waals surface area contributed by atoms with Gasteiger partial charge in [-0.3, -0.25) is 13.7 Å². The number of hydrogen-bond donors (Lipinski definition) is 1. The zero-order chi connectivity index (χ0) is 50.5. The first-order valence-electron chi connectivity index (χ1n) is 25.7.